The summed E-state index contributed by atoms with van der Waals surface area (Å²) in [5, 5.41) is 3.94. The predicted molar refractivity (Wildman–Crippen MR) is 91.1 cm³/mol. The summed E-state index contributed by atoms with van der Waals surface area (Å²) in [6.45, 7) is 9.24. The SMILES string of the molecule is Cc1cc(C2CN(C(=O)CCc3c(C)noc3C)CCO2)nc(C)n1. The maximum absolute atomic E-state index is 12.6. The van der Waals surface area contributed by atoms with E-state index >= 15 is 0 Å². The molecule has 0 bridgehead atoms. The molecule has 0 N–H and O–H groups in total. The Morgan fingerprint density at radius 3 is 2.76 bits per heavy atom. The quantitative estimate of drug-likeness (QED) is 0.846. The van der Waals surface area contributed by atoms with Crippen LogP contribution in [-0.2, 0) is 16.0 Å². The molecule has 3 heterocycles. The van der Waals surface area contributed by atoms with E-state index in [2.05, 4.69) is 15.1 Å². The second-order valence-corrected chi connectivity index (χ2v) is 6.48. The van der Waals surface area contributed by atoms with E-state index in [0.29, 0.717) is 32.5 Å². The van der Waals surface area contributed by atoms with Gasteiger partial charge in [0, 0.05) is 24.2 Å². The molecule has 25 heavy (non-hydrogen) atoms. The first-order valence-corrected chi connectivity index (χ1v) is 8.57. The van der Waals surface area contributed by atoms with Crippen LogP contribution in [-0.4, -0.2) is 45.6 Å². The van der Waals surface area contributed by atoms with Crippen LogP contribution >= 0.6 is 0 Å². The Labute approximate surface area is 147 Å². The number of aryl methyl sites for hydroxylation is 4. The van der Waals surface area contributed by atoms with Crippen molar-refractivity contribution in [2.24, 2.45) is 0 Å². The zero-order valence-corrected chi connectivity index (χ0v) is 15.2. The summed E-state index contributed by atoms with van der Waals surface area (Å²) in [4.78, 5) is 23.2. The van der Waals surface area contributed by atoms with E-state index in [9.17, 15) is 4.79 Å². The van der Waals surface area contributed by atoms with Crippen LogP contribution in [0.4, 0.5) is 0 Å². The van der Waals surface area contributed by atoms with Crippen LogP contribution in [0.25, 0.3) is 0 Å². The van der Waals surface area contributed by atoms with Gasteiger partial charge in [0.25, 0.3) is 0 Å². The van der Waals surface area contributed by atoms with Crippen LogP contribution < -0.4 is 0 Å². The van der Waals surface area contributed by atoms with Crippen LogP contribution in [0.5, 0.6) is 0 Å². The van der Waals surface area contributed by atoms with Crippen molar-refractivity contribution in [3.63, 3.8) is 0 Å². The van der Waals surface area contributed by atoms with E-state index in [4.69, 9.17) is 9.26 Å². The number of carbonyl (C=O) groups excluding carboxylic acids is 1. The van der Waals surface area contributed by atoms with E-state index in [-0.39, 0.29) is 12.0 Å². The monoisotopic (exact) mass is 344 g/mol. The van der Waals surface area contributed by atoms with Crippen molar-refractivity contribution in [1.82, 2.24) is 20.0 Å². The number of aromatic nitrogens is 3. The van der Waals surface area contributed by atoms with Gasteiger partial charge < -0.3 is 14.2 Å². The van der Waals surface area contributed by atoms with Gasteiger partial charge in [-0.2, -0.15) is 0 Å². The van der Waals surface area contributed by atoms with E-state index < -0.39 is 0 Å². The molecule has 134 valence electrons. The van der Waals surface area contributed by atoms with E-state index in [1.165, 1.54) is 0 Å². The first kappa shape index (κ1) is 17.5. The Bertz CT molecular complexity index is 732. The number of ether oxygens (including phenoxy) is 1. The second-order valence-electron chi connectivity index (χ2n) is 6.48. The Kier molecular flexibility index (Phi) is 5.13. The molecule has 1 fully saturated rings. The highest BCUT2D eigenvalue weighted by molar-refractivity contribution is 5.76. The lowest BCUT2D eigenvalue weighted by atomic mass is 10.1. The lowest BCUT2D eigenvalue weighted by Crippen LogP contribution is -2.42. The Hall–Kier alpha value is -2.28. The lowest BCUT2D eigenvalue weighted by molar-refractivity contribution is -0.139. The van der Waals surface area contributed by atoms with Crippen LogP contribution in [0.1, 0.15) is 46.8 Å². The fourth-order valence-electron chi connectivity index (χ4n) is 3.21. The number of carbonyl (C=O) groups is 1. The highest BCUT2D eigenvalue weighted by Crippen LogP contribution is 2.22. The molecule has 0 aromatic carbocycles. The van der Waals surface area contributed by atoms with E-state index in [1.807, 2.05) is 38.7 Å². The zero-order chi connectivity index (χ0) is 18.0. The van der Waals surface area contributed by atoms with Crippen LogP contribution in [0.2, 0.25) is 0 Å². The largest absolute Gasteiger partial charge is 0.368 e. The van der Waals surface area contributed by atoms with Gasteiger partial charge in [-0.05, 0) is 40.2 Å². The van der Waals surface area contributed by atoms with E-state index in [0.717, 1.165) is 34.2 Å². The standard InChI is InChI=1S/C18H24N4O3/c1-11-9-16(20-14(4)19-11)17-10-22(7-8-24-17)18(23)6-5-15-12(2)21-25-13(15)3/h9,17H,5-8,10H2,1-4H3. The molecule has 1 unspecified atom stereocenters. The first-order chi connectivity index (χ1) is 11.9. The average molecular weight is 344 g/mol. The van der Waals surface area contributed by atoms with Gasteiger partial charge >= 0.3 is 0 Å². The van der Waals surface area contributed by atoms with Crippen molar-refractivity contribution >= 4 is 5.91 Å². The first-order valence-electron chi connectivity index (χ1n) is 8.57. The van der Waals surface area contributed by atoms with Crippen molar-refractivity contribution in [2.45, 2.75) is 46.6 Å². The molecule has 0 aliphatic carbocycles. The molecule has 7 heteroatoms. The van der Waals surface area contributed by atoms with Crippen molar-refractivity contribution in [3.8, 4) is 0 Å². The summed E-state index contributed by atoms with van der Waals surface area (Å²) in [6.07, 6.45) is 0.891. The molecule has 3 rings (SSSR count). The van der Waals surface area contributed by atoms with Crippen LogP contribution in [0.15, 0.2) is 10.6 Å². The fraction of sp³-hybridized carbons (Fsp3) is 0.556. The molecule has 1 saturated heterocycles. The molecular formula is C18H24N4O3. The third kappa shape index (κ3) is 4.04. The topological polar surface area (TPSA) is 81.4 Å². The molecule has 1 aliphatic heterocycles. The van der Waals surface area contributed by atoms with Gasteiger partial charge in [0.15, 0.2) is 0 Å². The van der Waals surface area contributed by atoms with Gasteiger partial charge in [0.05, 0.1) is 24.5 Å². The van der Waals surface area contributed by atoms with E-state index in [1.54, 1.807) is 0 Å². The highest BCUT2D eigenvalue weighted by Gasteiger charge is 2.27. The number of morpholine rings is 1. The fourth-order valence-corrected chi connectivity index (χ4v) is 3.21. The molecule has 1 amide bonds. The highest BCUT2D eigenvalue weighted by atomic mass is 16.5. The third-order valence-corrected chi connectivity index (χ3v) is 4.50. The van der Waals surface area contributed by atoms with Gasteiger partial charge in [0.2, 0.25) is 5.91 Å². The lowest BCUT2D eigenvalue weighted by Gasteiger charge is -2.33. The van der Waals surface area contributed by atoms with Gasteiger partial charge in [0.1, 0.15) is 17.7 Å². The summed E-state index contributed by atoms with van der Waals surface area (Å²) in [5.74, 6) is 1.63. The Balaban J connectivity index is 1.63. The normalized spacial score (nSPS) is 17.8. The molecule has 1 atom stereocenters. The second kappa shape index (κ2) is 7.31. The molecule has 2 aromatic rings. The predicted octanol–water partition coefficient (Wildman–Crippen LogP) is 2.23. The maximum Gasteiger partial charge on any atom is 0.223 e. The summed E-state index contributed by atoms with van der Waals surface area (Å²) < 4.78 is 11.0. The molecule has 2 aromatic heterocycles. The average Bonchev–Trinajstić information content (AvgIpc) is 2.90. The molecule has 0 spiro atoms. The minimum Gasteiger partial charge on any atom is -0.368 e. The minimum absolute atomic E-state index is 0.121. The van der Waals surface area contributed by atoms with Crippen LogP contribution in [0.3, 0.4) is 0 Å². The van der Waals surface area contributed by atoms with Gasteiger partial charge in [-0.25, -0.2) is 9.97 Å². The van der Waals surface area contributed by atoms with Crippen molar-refractivity contribution in [2.75, 3.05) is 19.7 Å². The molecular weight excluding hydrogens is 320 g/mol. The van der Waals surface area contributed by atoms with Gasteiger partial charge in [-0.15, -0.1) is 0 Å². The summed E-state index contributed by atoms with van der Waals surface area (Å²) >= 11 is 0. The number of hydrogen-bond donors (Lipinski definition) is 0. The number of hydrogen-bond acceptors (Lipinski definition) is 6. The minimum atomic E-state index is -0.197. The number of nitrogens with zero attached hydrogens (tertiary/aromatic N) is 4. The van der Waals surface area contributed by atoms with Crippen LogP contribution in [0, 0.1) is 27.7 Å². The smallest absolute Gasteiger partial charge is 0.223 e. The zero-order valence-electron chi connectivity index (χ0n) is 15.2. The van der Waals surface area contributed by atoms with Gasteiger partial charge in [-0.1, -0.05) is 5.16 Å². The van der Waals surface area contributed by atoms with Gasteiger partial charge in [-0.3, -0.25) is 4.79 Å². The Morgan fingerprint density at radius 1 is 1.28 bits per heavy atom. The van der Waals surface area contributed by atoms with Crippen molar-refractivity contribution in [1.29, 1.82) is 0 Å². The summed E-state index contributed by atoms with van der Waals surface area (Å²) in [7, 11) is 0. The number of amides is 1. The molecule has 1 aliphatic rings. The number of rotatable bonds is 4. The van der Waals surface area contributed by atoms with Crippen molar-refractivity contribution in [3.05, 3.63) is 40.3 Å². The maximum atomic E-state index is 12.6. The Morgan fingerprint density at radius 2 is 2.08 bits per heavy atom. The summed E-state index contributed by atoms with van der Waals surface area (Å²) in [5.41, 5.74) is 3.64. The third-order valence-electron chi connectivity index (χ3n) is 4.50. The van der Waals surface area contributed by atoms with Crippen molar-refractivity contribution < 1.29 is 14.1 Å². The molecule has 7 nitrogen and oxygen atoms in total. The molecule has 0 radical (unpaired) electrons. The molecule has 0 saturated carbocycles. The summed E-state index contributed by atoms with van der Waals surface area (Å²) in [6, 6.07) is 1.93.